The number of aryl methyl sites for hydroxylation is 1. The molecule has 0 radical (unpaired) electrons. The van der Waals surface area contributed by atoms with E-state index in [1.54, 1.807) is 0 Å². The van der Waals surface area contributed by atoms with Gasteiger partial charge in [-0.25, -0.2) is 0 Å². The second kappa shape index (κ2) is 6.47. The van der Waals surface area contributed by atoms with E-state index in [0.717, 1.165) is 11.3 Å². The molecule has 120 valence electrons. The molecule has 0 aliphatic carbocycles. The molecule has 0 atom stereocenters. The van der Waals surface area contributed by atoms with Gasteiger partial charge in [-0.1, -0.05) is 23.8 Å². The Balaban J connectivity index is 1.93. The molecule has 0 unspecified atom stereocenters. The fraction of sp³-hybridized carbons (Fsp3) is 0.300. The molecule has 2 aromatic carbocycles. The van der Waals surface area contributed by atoms with Crippen molar-refractivity contribution in [2.45, 2.75) is 40.0 Å². The van der Waals surface area contributed by atoms with Gasteiger partial charge in [-0.05, 0) is 50.6 Å². The summed E-state index contributed by atoms with van der Waals surface area (Å²) in [6, 6.07) is 15.0. The van der Waals surface area contributed by atoms with Crippen LogP contribution in [0, 0.1) is 6.92 Å². The number of nitrogens with two attached hydrogens (primary N) is 1. The number of fused-ring (bicyclic) bond motifs is 1. The fourth-order valence-corrected chi connectivity index (χ4v) is 2.84. The van der Waals surface area contributed by atoms with E-state index in [4.69, 9.17) is 10.5 Å². The summed E-state index contributed by atoms with van der Waals surface area (Å²) >= 11 is 0. The smallest absolute Gasteiger partial charge is 0.119 e. The molecule has 0 aliphatic rings. The van der Waals surface area contributed by atoms with Gasteiger partial charge in [0.05, 0.1) is 0 Å². The third-order valence-corrected chi connectivity index (χ3v) is 4.19. The number of rotatable bonds is 5. The van der Waals surface area contributed by atoms with Crippen molar-refractivity contribution in [2.75, 3.05) is 0 Å². The van der Waals surface area contributed by atoms with E-state index < -0.39 is 0 Å². The van der Waals surface area contributed by atoms with E-state index in [2.05, 4.69) is 61.9 Å². The van der Waals surface area contributed by atoms with Crippen molar-refractivity contribution in [3.05, 3.63) is 65.4 Å². The number of aromatic nitrogens is 1. The van der Waals surface area contributed by atoms with Crippen LogP contribution < -0.4 is 10.5 Å². The number of hydrogen-bond donors (Lipinski definition) is 1. The van der Waals surface area contributed by atoms with Crippen molar-refractivity contribution in [3.8, 4) is 5.75 Å². The van der Waals surface area contributed by atoms with E-state index in [1.807, 2.05) is 12.1 Å². The molecular formula is C20H24N2O. The highest BCUT2D eigenvalue weighted by molar-refractivity contribution is 5.84. The van der Waals surface area contributed by atoms with Crippen molar-refractivity contribution < 1.29 is 4.74 Å². The molecule has 0 spiro atoms. The summed E-state index contributed by atoms with van der Waals surface area (Å²) in [6.45, 7) is 7.59. The lowest BCUT2D eigenvalue weighted by Gasteiger charge is -2.09. The Morgan fingerprint density at radius 2 is 1.83 bits per heavy atom. The Kier molecular flexibility index (Phi) is 4.39. The normalized spacial score (nSPS) is 11.3. The van der Waals surface area contributed by atoms with Crippen LogP contribution in [0.2, 0.25) is 0 Å². The minimum absolute atomic E-state index is 0.411. The molecule has 0 bridgehead atoms. The van der Waals surface area contributed by atoms with E-state index in [9.17, 15) is 0 Å². The molecule has 0 saturated heterocycles. The van der Waals surface area contributed by atoms with E-state index >= 15 is 0 Å². The van der Waals surface area contributed by atoms with Gasteiger partial charge in [0.1, 0.15) is 12.4 Å². The van der Waals surface area contributed by atoms with Gasteiger partial charge in [0.25, 0.3) is 0 Å². The van der Waals surface area contributed by atoms with Gasteiger partial charge in [-0.2, -0.15) is 0 Å². The van der Waals surface area contributed by atoms with Crippen LogP contribution in [-0.2, 0) is 13.2 Å². The molecular weight excluding hydrogens is 284 g/mol. The number of ether oxygens (including phenoxy) is 1. The zero-order valence-corrected chi connectivity index (χ0v) is 14.0. The Morgan fingerprint density at radius 1 is 1.09 bits per heavy atom. The van der Waals surface area contributed by atoms with Gasteiger partial charge in [-0.15, -0.1) is 0 Å². The lowest BCUT2D eigenvalue weighted by atomic mass is 10.1. The average Bonchev–Trinajstić information content (AvgIpc) is 2.92. The molecule has 3 heteroatoms. The van der Waals surface area contributed by atoms with Gasteiger partial charge < -0.3 is 15.0 Å². The van der Waals surface area contributed by atoms with Gasteiger partial charge in [-0.3, -0.25) is 0 Å². The minimum Gasteiger partial charge on any atom is -0.489 e. The van der Waals surface area contributed by atoms with Crippen molar-refractivity contribution in [1.82, 2.24) is 4.57 Å². The van der Waals surface area contributed by atoms with Crippen LogP contribution in [0.25, 0.3) is 10.9 Å². The van der Waals surface area contributed by atoms with Crippen LogP contribution in [0.15, 0.2) is 48.7 Å². The zero-order valence-electron chi connectivity index (χ0n) is 14.0. The average molecular weight is 308 g/mol. The van der Waals surface area contributed by atoms with Crippen molar-refractivity contribution in [1.29, 1.82) is 0 Å². The second-order valence-electron chi connectivity index (χ2n) is 6.31. The Hall–Kier alpha value is -2.26. The number of hydrogen-bond acceptors (Lipinski definition) is 2. The summed E-state index contributed by atoms with van der Waals surface area (Å²) in [6.07, 6.45) is 2.20. The minimum atomic E-state index is 0.411. The first-order valence-electron chi connectivity index (χ1n) is 8.10. The molecule has 2 N–H and O–H groups in total. The molecule has 0 fully saturated rings. The molecule has 3 aromatic rings. The Bertz CT molecular complexity index is 800. The Labute approximate surface area is 137 Å². The maximum absolute atomic E-state index is 5.98. The first kappa shape index (κ1) is 15.6. The predicted molar refractivity (Wildman–Crippen MR) is 95.7 cm³/mol. The molecule has 23 heavy (non-hydrogen) atoms. The van der Waals surface area contributed by atoms with Crippen molar-refractivity contribution in [2.24, 2.45) is 5.73 Å². The standard InChI is InChI=1S/C20H24N2O/c1-14(2)22-12-17(13-23-18-7-4-15(3)5-8-18)19-10-16(11-21)6-9-20(19)22/h4-10,12,14H,11,13,21H2,1-3H3. The fourth-order valence-electron chi connectivity index (χ4n) is 2.84. The van der Waals surface area contributed by atoms with E-state index in [1.165, 1.54) is 22.0 Å². The molecule has 0 saturated carbocycles. The topological polar surface area (TPSA) is 40.2 Å². The largest absolute Gasteiger partial charge is 0.489 e. The van der Waals surface area contributed by atoms with Crippen LogP contribution in [0.4, 0.5) is 0 Å². The van der Waals surface area contributed by atoms with Gasteiger partial charge in [0, 0.05) is 35.2 Å². The van der Waals surface area contributed by atoms with Crippen LogP contribution in [0.5, 0.6) is 5.75 Å². The molecule has 3 nitrogen and oxygen atoms in total. The van der Waals surface area contributed by atoms with Gasteiger partial charge in [0.2, 0.25) is 0 Å². The SMILES string of the molecule is Cc1ccc(OCc2cn(C(C)C)c3ccc(CN)cc23)cc1. The number of nitrogens with zero attached hydrogens (tertiary/aromatic N) is 1. The second-order valence-corrected chi connectivity index (χ2v) is 6.31. The Morgan fingerprint density at radius 3 is 2.48 bits per heavy atom. The van der Waals surface area contributed by atoms with Gasteiger partial charge in [0.15, 0.2) is 0 Å². The predicted octanol–water partition coefficient (Wildman–Crippen LogP) is 4.57. The highest BCUT2D eigenvalue weighted by Crippen LogP contribution is 2.27. The van der Waals surface area contributed by atoms with Crippen molar-refractivity contribution in [3.63, 3.8) is 0 Å². The third-order valence-electron chi connectivity index (χ3n) is 4.19. The summed E-state index contributed by atoms with van der Waals surface area (Å²) < 4.78 is 8.27. The van der Waals surface area contributed by atoms with Crippen LogP contribution >= 0.6 is 0 Å². The quantitative estimate of drug-likeness (QED) is 0.750. The molecule has 3 rings (SSSR count). The third kappa shape index (κ3) is 3.25. The lowest BCUT2D eigenvalue weighted by molar-refractivity contribution is 0.307. The van der Waals surface area contributed by atoms with E-state index in [-0.39, 0.29) is 0 Å². The summed E-state index contributed by atoms with van der Waals surface area (Å²) in [5.74, 6) is 0.899. The van der Waals surface area contributed by atoms with E-state index in [0.29, 0.717) is 19.2 Å². The first-order chi connectivity index (χ1) is 11.1. The lowest BCUT2D eigenvalue weighted by Crippen LogP contribution is -1.99. The van der Waals surface area contributed by atoms with Crippen LogP contribution in [0.1, 0.15) is 36.6 Å². The molecule has 1 aromatic heterocycles. The monoisotopic (exact) mass is 308 g/mol. The number of benzene rings is 2. The molecule has 1 heterocycles. The van der Waals surface area contributed by atoms with Crippen LogP contribution in [0.3, 0.4) is 0 Å². The van der Waals surface area contributed by atoms with Gasteiger partial charge >= 0.3 is 0 Å². The summed E-state index contributed by atoms with van der Waals surface area (Å²) in [5.41, 5.74) is 10.6. The summed E-state index contributed by atoms with van der Waals surface area (Å²) in [4.78, 5) is 0. The summed E-state index contributed by atoms with van der Waals surface area (Å²) in [5, 5.41) is 1.23. The zero-order chi connectivity index (χ0) is 16.4. The highest BCUT2D eigenvalue weighted by atomic mass is 16.5. The molecule has 0 aliphatic heterocycles. The maximum atomic E-state index is 5.98. The molecule has 0 amide bonds. The summed E-state index contributed by atoms with van der Waals surface area (Å²) in [7, 11) is 0. The maximum Gasteiger partial charge on any atom is 0.119 e. The van der Waals surface area contributed by atoms with Crippen LogP contribution in [-0.4, -0.2) is 4.57 Å². The van der Waals surface area contributed by atoms with Crippen molar-refractivity contribution >= 4 is 10.9 Å². The highest BCUT2D eigenvalue weighted by Gasteiger charge is 2.11. The first-order valence-corrected chi connectivity index (χ1v) is 8.10.